The minimum Gasteiger partial charge on any atom is -0.502 e. The van der Waals surface area contributed by atoms with Gasteiger partial charge in [0.15, 0.2) is 17.3 Å². The third kappa shape index (κ3) is 6.15. The zero-order valence-corrected chi connectivity index (χ0v) is 21.3. The number of thioether (sulfide) groups is 1. The van der Waals surface area contributed by atoms with Crippen LogP contribution in [0.25, 0.3) is 0 Å². The van der Waals surface area contributed by atoms with E-state index in [2.05, 4.69) is 15.9 Å². The van der Waals surface area contributed by atoms with E-state index in [9.17, 15) is 23.5 Å². The highest BCUT2D eigenvalue weighted by Gasteiger charge is 2.28. The Labute approximate surface area is 212 Å². The summed E-state index contributed by atoms with van der Waals surface area (Å²) in [4.78, 5) is 24.9. The van der Waals surface area contributed by atoms with Crippen LogP contribution in [0.2, 0.25) is 0 Å². The first kappa shape index (κ1) is 26.6. The number of esters is 1. The summed E-state index contributed by atoms with van der Waals surface area (Å²) in [6.07, 6.45) is -0.266. The first-order valence-corrected chi connectivity index (χ1v) is 11.9. The lowest BCUT2D eigenvalue weighted by Crippen LogP contribution is -2.14. The number of ether oxygens (including phenoxy) is 3. The van der Waals surface area contributed by atoms with Gasteiger partial charge in [-0.25, -0.2) is 8.78 Å². The molecule has 3 aromatic rings. The van der Waals surface area contributed by atoms with Crippen molar-refractivity contribution in [3.05, 3.63) is 79.8 Å². The lowest BCUT2D eigenvalue weighted by atomic mass is 9.92. The van der Waals surface area contributed by atoms with Crippen LogP contribution in [0.15, 0.2) is 55.0 Å². The molecule has 3 rings (SSSR count). The highest BCUT2D eigenvalue weighted by molar-refractivity contribution is 9.10. The van der Waals surface area contributed by atoms with Gasteiger partial charge in [0.1, 0.15) is 17.4 Å². The lowest BCUT2D eigenvalue weighted by Gasteiger charge is -2.20. The second kappa shape index (κ2) is 11.6. The van der Waals surface area contributed by atoms with E-state index in [0.29, 0.717) is 21.5 Å². The average molecular weight is 571 g/mol. The third-order valence-corrected chi connectivity index (χ3v) is 6.70. The van der Waals surface area contributed by atoms with Gasteiger partial charge in [-0.1, -0.05) is 0 Å². The van der Waals surface area contributed by atoms with E-state index in [1.54, 1.807) is 12.1 Å². The van der Waals surface area contributed by atoms with Gasteiger partial charge in [0.05, 0.1) is 43.9 Å². The Bertz CT molecular complexity index is 1300. The number of benzene rings is 2. The molecule has 0 saturated heterocycles. The van der Waals surface area contributed by atoms with E-state index >= 15 is 0 Å². The summed E-state index contributed by atoms with van der Waals surface area (Å²) < 4.78 is 49.0. The maximum atomic E-state index is 14.0. The van der Waals surface area contributed by atoms with Crippen molar-refractivity contribution >= 4 is 33.7 Å². The van der Waals surface area contributed by atoms with Crippen LogP contribution in [0.3, 0.4) is 0 Å². The van der Waals surface area contributed by atoms with E-state index in [0.717, 1.165) is 30.0 Å². The van der Waals surface area contributed by atoms with Gasteiger partial charge in [0, 0.05) is 17.0 Å². The van der Waals surface area contributed by atoms with Crippen molar-refractivity contribution in [3.8, 4) is 17.2 Å². The van der Waals surface area contributed by atoms with E-state index in [4.69, 9.17) is 18.6 Å². The zero-order valence-electron chi connectivity index (χ0n) is 18.9. The predicted molar refractivity (Wildman–Crippen MR) is 128 cm³/mol. The Kier molecular flexibility index (Phi) is 8.79. The van der Waals surface area contributed by atoms with Crippen LogP contribution < -0.4 is 14.9 Å². The van der Waals surface area contributed by atoms with Gasteiger partial charge < -0.3 is 23.7 Å². The fraction of sp³-hybridized carbons (Fsp3) is 0.250. The van der Waals surface area contributed by atoms with Crippen molar-refractivity contribution in [1.82, 2.24) is 0 Å². The van der Waals surface area contributed by atoms with Crippen molar-refractivity contribution in [3.63, 3.8) is 0 Å². The van der Waals surface area contributed by atoms with Crippen LogP contribution >= 0.6 is 27.7 Å². The molecule has 0 aliphatic heterocycles. The maximum absolute atomic E-state index is 14.0. The Morgan fingerprint density at radius 2 is 1.89 bits per heavy atom. The maximum Gasteiger partial charge on any atom is 0.306 e. The molecule has 1 atom stereocenters. The van der Waals surface area contributed by atoms with E-state index in [1.807, 2.05) is 0 Å². The molecule has 1 aromatic heterocycles. The molecule has 7 nitrogen and oxygen atoms in total. The monoisotopic (exact) mass is 570 g/mol. The summed E-state index contributed by atoms with van der Waals surface area (Å²) in [6, 6.07) is 7.45. The normalized spacial score (nSPS) is 11.7. The molecular formula is C24H21BrF2O7S. The third-order valence-electron chi connectivity index (χ3n) is 5.04. The highest BCUT2D eigenvalue weighted by atomic mass is 79.9. The smallest absolute Gasteiger partial charge is 0.306 e. The summed E-state index contributed by atoms with van der Waals surface area (Å²) in [6.45, 7) is 0. The second-order valence-corrected chi connectivity index (χ2v) is 9.10. The van der Waals surface area contributed by atoms with Crippen molar-refractivity contribution in [2.24, 2.45) is 0 Å². The molecule has 0 aliphatic rings. The fourth-order valence-corrected chi connectivity index (χ4v) is 4.78. The Hall–Kier alpha value is -3.05. The predicted octanol–water partition coefficient (Wildman–Crippen LogP) is 5.39. The molecule has 2 aromatic carbocycles. The van der Waals surface area contributed by atoms with Gasteiger partial charge in [-0.15, -0.1) is 11.8 Å². The quantitative estimate of drug-likeness (QED) is 0.270. The molecule has 186 valence electrons. The molecule has 1 N–H and O–H groups in total. The molecule has 0 fully saturated rings. The Morgan fingerprint density at radius 3 is 2.51 bits per heavy atom. The minimum absolute atomic E-state index is 0.00560. The topological polar surface area (TPSA) is 95.2 Å². The molecule has 0 unspecified atom stereocenters. The standard InChI is InChI=1S/C24H21BrF2O7S/c1-31-19-7-12(6-16(25)24(19)33-3)15(10-21(29)32-2)23-22(30)18(28)9-14(34-23)11-35-20-5-4-13(26)8-17(20)27/h4-9,15,30H,10-11H2,1-3H3/t15-/m1/s1. The first-order chi connectivity index (χ1) is 16.7. The lowest BCUT2D eigenvalue weighted by molar-refractivity contribution is -0.140. The number of methoxy groups -OCH3 is 3. The van der Waals surface area contributed by atoms with Crippen LogP contribution in [0.4, 0.5) is 8.78 Å². The van der Waals surface area contributed by atoms with Gasteiger partial charge >= 0.3 is 5.97 Å². The van der Waals surface area contributed by atoms with E-state index in [-0.39, 0.29) is 28.6 Å². The summed E-state index contributed by atoms with van der Waals surface area (Å²) in [5, 5.41) is 10.6. The molecule has 0 saturated carbocycles. The number of aromatic hydroxyl groups is 1. The summed E-state index contributed by atoms with van der Waals surface area (Å²) in [5.41, 5.74) is -0.274. The molecule has 1 heterocycles. The summed E-state index contributed by atoms with van der Waals surface area (Å²) >= 11 is 4.37. The first-order valence-electron chi connectivity index (χ1n) is 10.1. The molecule has 35 heavy (non-hydrogen) atoms. The van der Waals surface area contributed by atoms with Gasteiger partial charge in [0.25, 0.3) is 0 Å². The second-order valence-electron chi connectivity index (χ2n) is 7.22. The molecule has 0 aliphatic carbocycles. The van der Waals surface area contributed by atoms with E-state index < -0.39 is 34.7 Å². The van der Waals surface area contributed by atoms with Gasteiger partial charge in [-0.2, -0.15) is 0 Å². The minimum atomic E-state index is -0.932. The Balaban J connectivity index is 2.06. The molecular weight excluding hydrogens is 550 g/mol. The van der Waals surface area contributed by atoms with Crippen LogP contribution in [-0.2, 0) is 15.3 Å². The number of carbonyl (C=O) groups is 1. The SMILES string of the molecule is COC(=O)C[C@H](c1cc(Br)c(OC)c(OC)c1)c1oc(CSc2ccc(F)cc2F)cc(=O)c1O. The van der Waals surface area contributed by atoms with Crippen molar-refractivity contribution < 1.29 is 37.3 Å². The van der Waals surface area contributed by atoms with Crippen LogP contribution in [-0.4, -0.2) is 32.4 Å². The molecule has 0 amide bonds. The average Bonchev–Trinajstić information content (AvgIpc) is 2.83. The van der Waals surface area contributed by atoms with Gasteiger partial charge in [0.2, 0.25) is 11.2 Å². The molecule has 0 bridgehead atoms. The number of hydrogen-bond donors (Lipinski definition) is 1. The zero-order chi connectivity index (χ0) is 25.7. The van der Waals surface area contributed by atoms with E-state index in [1.165, 1.54) is 27.4 Å². The summed E-state index contributed by atoms with van der Waals surface area (Å²) in [7, 11) is 4.11. The summed E-state index contributed by atoms with van der Waals surface area (Å²) in [5.74, 6) is -2.99. The van der Waals surface area contributed by atoms with Crippen molar-refractivity contribution in [1.29, 1.82) is 0 Å². The van der Waals surface area contributed by atoms with Gasteiger partial charge in [-0.3, -0.25) is 9.59 Å². The number of halogens is 3. The molecule has 11 heteroatoms. The number of hydrogen-bond acceptors (Lipinski definition) is 8. The van der Waals surface area contributed by atoms with Crippen molar-refractivity contribution in [2.45, 2.75) is 23.0 Å². The number of carbonyl (C=O) groups excluding carboxylic acids is 1. The highest BCUT2D eigenvalue weighted by Crippen LogP contribution is 2.42. The molecule has 0 spiro atoms. The largest absolute Gasteiger partial charge is 0.502 e. The van der Waals surface area contributed by atoms with Crippen LogP contribution in [0, 0.1) is 11.6 Å². The van der Waals surface area contributed by atoms with Crippen molar-refractivity contribution in [2.75, 3.05) is 21.3 Å². The van der Waals surface area contributed by atoms with Crippen LogP contribution in [0.1, 0.15) is 29.4 Å². The Morgan fingerprint density at radius 1 is 1.14 bits per heavy atom. The fourth-order valence-electron chi connectivity index (χ4n) is 3.35. The molecule has 0 radical (unpaired) electrons. The van der Waals surface area contributed by atoms with Crippen LogP contribution in [0.5, 0.6) is 17.2 Å². The van der Waals surface area contributed by atoms with Gasteiger partial charge in [-0.05, 0) is 45.8 Å². The number of rotatable bonds is 9.